The molecule has 1 unspecified atom stereocenters. The summed E-state index contributed by atoms with van der Waals surface area (Å²) in [5.74, 6) is -0.345. The van der Waals surface area contributed by atoms with Crippen molar-refractivity contribution in [1.29, 1.82) is 0 Å². The number of carbonyl (C=O) groups is 1. The van der Waals surface area contributed by atoms with Gasteiger partial charge in [-0.1, -0.05) is 26.3 Å². The van der Waals surface area contributed by atoms with Crippen LogP contribution in [0.3, 0.4) is 0 Å². The Bertz CT molecular complexity index is 497. The summed E-state index contributed by atoms with van der Waals surface area (Å²) in [5.41, 5.74) is -1.11. The Hall–Kier alpha value is -1.84. The Morgan fingerprint density at radius 3 is 2.76 bits per heavy atom. The van der Waals surface area contributed by atoms with E-state index < -0.39 is 11.4 Å². The maximum atomic E-state index is 11.7. The molecule has 1 atom stereocenters. The second kappa shape index (κ2) is 5.48. The van der Waals surface area contributed by atoms with Gasteiger partial charge in [-0.15, -0.1) is 0 Å². The number of allylic oxidation sites excluding steroid dienone is 2. The maximum Gasteiger partial charge on any atom is 0.351 e. The van der Waals surface area contributed by atoms with Crippen LogP contribution in [0.4, 0.5) is 0 Å². The molecule has 1 heterocycles. The Morgan fingerprint density at radius 1 is 1.59 bits per heavy atom. The summed E-state index contributed by atoms with van der Waals surface area (Å²) in [6.07, 6.45) is 3.91. The van der Waals surface area contributed by atoms with Crippen molar-refractivity contribution < 1.29 is 14.3 Å². The molecule has 17 heavy (non-hydrogen) atoms. The minimum absolute atomic E-state index is 0.249. The minimum Gasteiger partial charge on any atom is -0.507 e. The van der Waals surface area contributed by atoms with Crippen LogP contribution in [0.1, 0.15) is 36.4 Å². The van der Waals surface area contributed by atoms with E-state index in [2.05, 4.69) is 0 Å². The van der Waals surface area contributed by atoms with Crippen LogP contribution in [-0.4, -0.2) is 10.9 Å². The second-order valence-electron chi connectivity index (χ2n) is 4.01. The summed E-state index contributed by atoms with van der Waals surface area (Å²) < 4.78 is 4.77. The molecule has 0 aliphatic heterocycles. The molecule has 4 heteroatoms. The first kappa shape index (κ1) is 13.2. The molecule has 1 rings (SSSR count). The van der Waals surface area contributed by atoms with Crippen LogP contribution in [-0.2, 0) is 0 Å². The van der Waals surface area contributed by atoms with Gasteiger partial charge < -0.3 is 9.52 Å². The van der Waals surface area contributed by atoms with E-state index in [-0.39, 0.29) is 23.0 Å². The number of hydrogen-bond donors (Lipinski definition) is 1. The van der Waals surface area contributed by atoms with Gasteiger partial charge in [-0.3, -0.25) is 4.79 Å². The first-order chi connectivity index (χ1) is 7.95. The molecule has 0 amide bonds. The van der Waals surface area contributed by atoms with E-state index in [1.807, 2.05) is 13.8 Å². The molecule has 0 radical (unpaired) electrons. The Kier molecular flexibility index (Phi) is 4.26. The van der Waals surface area contributed by atoms with Crippen LogP contribution >= 0.6 is 0 Å². The second-order valence-corrected chi connectivity index (χ2v) is 4.01. The highest BCUT2D eigenvalue weighted by molar-refractivity contribution is 6.06. The molecule has 1 aromatic rings. The molecule has 0 aliphatic carbocycles. The molecule has 0 aromatic carbocycles. The standard InChI is InChI=1S/C13H16O4/c1-4-8(2)5-6-10(14)12-11(15)7-9(3)17-13(12)16/h5-8,15H,4H2,1-3H3/b6-5+. The molecular weight excluding hydrogens is 220 g/mol. The van der Waals surface area contributed by atoms with Crippen LogP contribution < -0.4 is 5.63 Å². The third-order valence-electron chi connectivity index (χ3n) is 2.52. The molecule has 0 saturated carbocycles. The molecule has 1 N–H and O–H groups in total. The van der Waals surface area contributed by atoms with Crippen LogP contribution in [0.25, 0.3) is 0 Å². The Balaban J connectivity index is 3.06. The van der Waals surface area contributed by atoms with Crippen LogP contribution in [0.5, 0.6) is 5.75 Å². The van der Waals surface area contributed by atoms with Gasteiger partial charge in [0.15, 0.2) is 5.78 Å². The van der Waals surface area contributed by atoms with Gasteiger partial charge >= 0.3 is 5.63 Å². The van der Waals surface area contributed by atoms with Gasteiger partial charge in [-0.2, -0.15) is 0 Å². The fourth-order valence-electron chi connectivity index (χ4n) is 1.29. The average Bonchev–Trinajstić information content (AvgIpc) is 2.24. The Labute approximate surface area is 99.6 Å². The lowest BCUT2D eigenvalue weighted by Crippen LogP contribution is -2.13. The lowest BCUT2D eigenvalue weighted by Gasteiger charge is -2.01. The van der Waals surface area contributed by atoms with E-state index in [0.717, 1.165) is 6.42 Å². The maximum absolute atomic E-state index is 11.7. The highest BCUT2D eigenvalue weighted by atomic mass is 16.4. The molecular formula is C13H16O4. The zero-order valence-corrected chi connectivity index (χ0v) is 10.2. The quantitative estimate of drug-likeness (QED) is 0.644. The zero-order chi connectivity index (χ0) is 13.0. The summed E-state index contributed by atoms with van der Waals surface area (Å²) in [4.78, 5) is 23.1. The minimum atomic E-state index is -0.804. The molecule has 0 aliphatic rings. The average molecular weight is 236 g/mol. The van der Waals surface area contributed by atoms with E-state index >= 15 is 0 Å². The molecule has 0 spiro atoms. The number of aryl methyl sites for hydroxylation is 1. The van der Waals surface area contributed by atoms with Crippen molar-refractivity contribution in [3.63, 3.8) is 0 Å². The topological polar surface area (TPSA) is 67.5 Å². The van der Waals surface area contributed by atoms with Gasteiger partial charge in [0.05, 0.1) is 0 Å². The summed E-state index contributed by atoms with van der Waals surface area (Å²) in [6.45, 7) is 5.49. The van der Waals surface area contributed by atoms with Crippen molar-refractivity contribution in [3.05, 3.63) is 40.0 Å². The number of carbonyl (C=O) groups excluding carboxylic acids is 1. The van der Waals surface area contributed by atoms with E-state index in [1.54, 1.807) is 6.08 Å². The van der Waals surface area contributed by atoms with Crippen molar-refractivity contribution >= 4 is 5.78 Å². The molecule has 1 aromatic heterocycles. The van der Waals surface area contributed by atoms with E-state index in [0.29, 0.717) is 0 Å². The van der Waals surface area contributed by atoms with E-state index in [1.165, 1.54) is 19.1 Å². The lowest BCUT2D eigenvalue weighted by atomic mass is 10.1. The van der Waals surface area contributed by atoms with Gasteiger partial charge in [-0.25, -0.2) is 4.79 Å². The molecule has 0 bridgehead atoms. The lowest BCUT2D eigenvalue weighted by molar-refractivity contribution is 0.103. The zero-order valence-electron chi connectivity index (χ0n) is 10.2. The number of rotatable bonds is 4. The molecule has 0 saturated heterocycles. The first-order valence-corrected chi connectivity index (χ1v) is 5.52. The normalized spacial score (nSPS) is 12.9. The van der Waals surface area contributed by atoms with Gasteiger partial charge in [-0.05, 0) is 18.9 Å². The Morgan fingerprint density at radius 2 is 2.24 bits per heavy atom. The van der Waals surface area contributed by atoms with Crippen LogP contribution in [0.15, 0.2) is 27.4 Å². The number of ketones is 1. The third kappa shape index (κ3) is 3.31. The first-order valence-electron chi connectivity index (χ1n) is 5.52. The summed E-state index contributed by atoms with van der Waals surface area (Å²) in [6, 6.07) is 1.26. The smallest absolute Gasteiger partial charge is 0.351 e. The third-order valence-corrected chi connectivity index (χ3v) is 2.52. The summed E-state index contributed by atoms with van der Waals surface area (Å²) >= 11 is 0. The van der Waals surface area contributed by atoms with Crippen molar-refractivity contribution in [1.82, 2.24) is 0 Å². The van der Waals surface area contributed by atoms with Crippen molar-refractivity contribution in [2.45, 2.75) is 27.2 Å². The van der Waals surface area contributed by atoms with E-state index in [9.17, 15) is 14.7 Å². The highest BCUT2D eigenvalue weighted by Crippen LogP contribution is 2.15. The summed E-state index contributed by atoms with van der Waals surface area (Å²) in [7, 11) is 0. The van der Waals surface area contributed by atoms with Gasteiger partial charge in [0, 0.05) is 6.07 Å². The molecule has 0 fully saturated rings. The predicted octanol–water partition coefficient (Wildman–Crippen LogP) is 2.44. The van der Waals surface area contributed by atoms with Crippen LogP contribution in [0, 0.1) is 12.8 Å². The summed E-state index contributed by atoms with van der Waals surface area (Å²) in [5, 5.41) is 9.55. The SMILES string of the molecule is CCC(C)/C=C/C(=O)c1c(O)cc(C)oc1=O. The number of aromatic hydroxyl groups is 1. The fraction of sp³-hybridized carbons (Fsp3) is 0.385. The molecule has 92 valence electrons. The van der Waals surface area contributed by atoms with Gasteiger partial charge in [0.2, 0.25) is 0 Å². The number of hydrogen-bond acceptors (Lipinski definition) is 4. The van der Waals surface area contributed by atoms with Crippen molar-refractivity contribution in [2.24, 2.45) is 5.92 Å². The largest absolute Gasteiger partial charge is 0.507 e. The van der Waals surface area contributed by atoms with Gasteiger partial charge in [0.1, 0.15) is 17.1 Å². The molecule has 4 nitrogen and oxygen atoms in total. The fourth-order valence-corrected chi connectivity index (χ4v) is 1.29. The van der Waals surface area contributed by atoms with Crippen LogP contribution in [0.2, 0.25) is 0 Å². The predicted molar refractivity (Wildman–Crippen MR) is 64.3 cm³/mol. The monoisotopic (exact) mass is 236 g/mol. The van der Waals surface area contributed by atoms with E-state index in [4.69, 9.17) is 4.42 Å². The van der Waals surface area contributed by atoms with Crippen molar-refractivity contribution in [3.8, 4) is 5.75 Å². The van der Waals surface area contributed by atoms with Crippen molar-refractivity contribution in [2.75, 3.05) is 0 Å². The highest BCUT2D eigenvalue weighted by Gasteiger charge is 2.15. The van der Waals surface area contributed by atoms with Gasteiger partial charge in [0.25, 0.3) is 0 Å².